The predicted molar refractivity (Wildman–Crippen MR) is 70.9 cm³/mol. The zero-order chi connectivity index (χ0) is 14.3. The van der Waals surface area contributed by atoms with Gasteiger partial charge in [-0.15, -0.1) is 0 Å². The first-order valence-corrected chi connectivity index (χ1v) is 5.90. The van der Waals surface area contributed by atoms with E-state index in [9.17, 15) is 9.59 Å². The average Bonchev–Trinajstić information content (AvgIpc) is 2.42. The molecule has 0 saturated carbocycles. The van der Waals surface area contributed by atoms with Crippen LogP contribution in [0.25, 0.3) is 0 Å². The van der Waals surface area contributed by atoms with Crippen LogP contribution in [0.1, 0.15) is 12.5 Å². The van der Waals surface area contributed by atoms with Crippen LogP contribution >= 0.6 is 0 Å². The summed E-state index contributed by atoms with van der Waals surface area (Å²) in [6.45, 7) is 2.70. The molecule has 5 nitrogen and oxygen atoms in total. The molecule has 0 aliphatic heterocycles. The van der Waals surface area contributed by atoms with E-state index in [0.717, 1.165) is 17.7 Å². The van der Waals surface area contributed by atoms with Gasteiger partial charge in [0.2, 0.25) is 5.91 Å². The van der Waals surface area contributed by atoms with E-state index in [1.807, 2.05) is 31.2 Å². The Morgan fingerprint density at radius 2 is 2.00 bits per heavy atom. The van der Waals surface area contributed by atoms with Crippen molar-refractivity contribution in [1.29, 1.82) is 0 Å². The third kappa shape index (κ3) is 4.46. The molecule has 19 heavy (non-hydrogen) atoms. The van der Waals surface area contributed by atoms with Gasteiger partial charge in [-0.05, 0) is 13.0 Å². The Morgan fingerprint density at radius 1 is 1.32 bits per heavy atom. The lowest BCUT2D eigenvalue weighted by molar-refractivity contribution is -0.132. The minimum atomic E-state index is -1.14. The van der Waals surface area contributed by atoms with Gasteiger partial charge in [-0.1, -0.05) is 18.2 Å². The molecule has 5 heteroatoms. The van der Waals surface area contributed by atoms with Crippen molar-refractivity contribution >= 4 is 11.9 Å². The van der Waals surface area contributed by atoms with E-state index in [4.69, 9.17) is 9.84 Å². The van der Waals surface area contributed by atoms with Crippen molar-refractivity contribution < 1.29 is 19.4 Å². The van der Waals surface area contributed by atoms with Crippen LogP contribution in [0.3, 0.4) is 0 Å². The minimum absolute atomic E-state index is 0.337. The fourth-order valence-corrected chi connectivity index (χ4v) is 1.63. The summed E-state index contributed by atoms with van der Waals surface area (Å²) < 4.78 is 5.22. The van der Waals surface area contributed by atoms with E-state index in [-0.39, 0.29) is 5.91 Å². The van der Waals surface area contributed by atoms with E-state index in [1.165, 1.54) is 4.90 Å². The summed E-state index contributed by atoms with van der Waals surface area (Å²) in [5.74, 6) is -0.770. The summed E-state index contributed by atoms with van der Waals surface area (Å²) in [4.78, 5) is 23.8. The van der Waals surface area contributed by atoms with Crippen LogP contribution in [0.15, 0.2) is 36.4 Å². The number of carbonyl (C=O) groups is 2. The zero-order valence-corrected chi connectivity index (χ0v) is 11.0. The van der Waals surface area contributed by atoms with Crippen LogP contribution in [-0.2, 0) is 16.1 Å². The Balaban J connectivity index is 2.81. The number of ether oxygens (including phenoxy) is 1. The zero-order valence-electron chi connectivity index (χ0n) is 11.0. The molecule has 1 amide bonds. The van der Waals surface area contributed by atoms with Crippen LogP contribution in [-0.4, -0.2) is 35.5 Å². The van der Waals surface area contributed by atoms with Crippen molar-refractivity contribution in [3.8, 4) is 5.75 Å². The van der Waals surface area contributed by atoms with E-state index in [1.54, 1.807) is 7.11 Å². The fraction of sp³-hybridized carbons (Fsp3) is 0.286. The van der Waals surface area contributed by atoms with E-state index in [0.29, 0.717) is 18.8 Å². The minimum Gasteiger partial charge on any atom is -0.496 e. The summed E-state index contributed by atoms with van der Waals surface area (Å²) in [6, 6.07) is 7.41. The van der Waals surface area contributed by atoms with Gasteiger partial charge in [0.05, 0.1) is 7.11 Å². The van der Waals surface area contributed by atoms with E-state index in [2.05, 4.69) is 0 Å². The lowest BCUT2D eigenvalue weighted by Gasteiger charge is -2.20. The Kier molecular flexibility index (Phi) is 5.60. The standard InChI is InChI=1S/C14H17NO4/c1-3-15(13(16)8-9-14(17)18)10-11-6-4-5-7-12(11)19-2/h4-9H,3,10H2,1-2H3,(H,17,18)/b9-8+. The maximum Gasteiger partial charge on any atom is 0.328 e. The van der Waals surface area contributed by atoms with Gasteiger partial charge in [-0.25, -0.2) is 4.79 Å². The molecule has 0 spiro atoms. The predicted octanol–water partition coefficient (Wildman–Crippen LogP) is 1.68. The normalized spacial score (nSPS) is 10.4. The number of carboxylic acid groups (broad SMARTS) is 1. The van der Waals surface area contributed by atoms with Gasteiger partial charge in [0.25, 0.3) is 0 Å². The average molecular weight is 263 g/mol. The number of hydrogen-bond donors (Lipinski definition) is 1. The molecular weight excluding hydrogens is 246 g/mol. The number of benzene rings is 1. The van der Waals surface area contributed by atoms with Crippen LogP contribution in [0, 0.1) is 0 Å². The van der Waals surface area contributed by atoms with Gasteiger partial charge >= 0.3 is 5.97 Å². The van der Waals surface area contributed by atoms with E-state index < -0.39 is 5.97 Å². The van der Waals surface area contributed by atoms with Gasteiger partial charge in [0.15, 0.2) is 0 Å². The summed E-state index contributed by atoms with van der Waals surface area (Å²) in [6.07, 6.45) is 1.90. The first-order valence-electron chi connectivity index (χ1n) is 5.90. The maximum atomic E-state index is 11.8. The van der Waals surface area contributed by atoms with E-state index >= 15 is 0 Å². The monoisotopic (exact) mass is 263 g/mol. The third-order valence-electron chi connectivity index (χ3n) is 2.62. The Morgan fingerprint density at radius 3 is 2.58 bits per heavy atom. The molecule has 0 bridgehead atoms. The highest BCUT2D eigenvalue weighted by Crippen LogP contribution is 2.19. The summed E-state index contributed by atoms with van der Waals surface area (Å²) in [5.41, 5.74) is 0.879. The number of para-hydroxylation sites is 1. The number of carbonyl (C=O) groups excluding carboxylic acids is 1. The topological polar surface area (TPSA) is 66.8 Å². The van der Waals surface area contributed by atoms with Crippen molar-refractivity contribution in [2.45, 2.75) is 13.5 Å². The van der Waals surface area contributed by atoms with Crippen molar-refractivity contribution in [2.24, 2.45) is 0 Å². The molecule has 102 valence electrons. The summed E-state index contributed by atoms with van der Waals surface area (Å²) in [7, 11) is 1.57. The molecule has 1 N–H and O–H groups in total. The molecule has 1 aromatic carbocycles. The summed E-state index contributed by atoms with van der Waals surface area (Å²) >= 11 is 0. The molecule has 0 unspecified atom stereocenters. The van der Waals surface area contributed by atoms with Crippen molar-refractivity contribution in [3.63, 3.8) is 0 Å². The number of aliphatic carboxylic acids is 1. The van der Waals surface area contributed by atoms with Crippen molar-refractivity contribution in [2.75, 3.05) is 13.7 Å². The first kappa shape index (κ1) is 14.8. The smallest absolute Gasteiger partial charge is 0.328 e. The van der Waals surface area contributed by atoms with Crippen LogP contribution in [0.2, 0.25) is 0 Å². The first-order chi connectivity index (χ1) is 9.08. The molecule has 0 saturated heterocycles. The quantitative estimate of drug-likeness (QED) is 0.793. The van der Waals surface area contributed by atoms with Crippen LogP contribution in [0.5, 0.6) is 5.75 Å². The largest absolute Gasteiger partial charge is 0.496 e. The van der Waals surface area contributed by atoms with Crippen LogP contribution in [0.4, 0.5) is 0 Å². The second-order valence-corrected chi connectivity index (χ2v) is 3.84. The Hall–Kier alpha value is -2.30. The second kappa shape index (κ2) is 7.20. The highest BCUT2D eigenvalue weighted by molar-refractivity contribution is 5.93. The third-order valence-corrected chi connectivity index (χ3v) is 2.62. The number of likely N-dealkylation sites (N-methyl/N-ethyl adjacent to an activating group) is 1. The SMILES string of the molecule is CCN(Cc1ccccc1OC)C(=O)/C=C/C(=O)O. The molecule has 0 aliphatic rings. The van der Waals surface area contributed by atoms with Crippen molar-refractivity contribution in [3.05, 3.63) is 42.0 Å². The molecule has 0 heterocycles. The molecule has 0 radical (unpaired) electrons. The number of hydrogen-bond acceptors (Lipinski definition) is 3. The van der Waals surface area contributed by atoms with Gasteiger partial charge < -0.3 is 14.7 Å². The lowest BCUT2D eigenvalue weighted by atomic mass is 10.2. The summed E-state index contributed by atoms with van der Waals surface area (Å²) in [5, 5.41) is 8.51. The molecule has 0 aromatic heterocycles. The van der Waals surface area contributed by atoms with Gasteiger partial charge in [0, 0.05) is 30.8 Å². The number of nitrogens with zero attached hydrogens (tertiary/aromatic N) is 1. The highest BCUT2D eigenvalue weighted by Gasteiger charge is 2.12. The van der Waals surface area contributed by atoms with Gasteiger partial charge in [-0.2, -0.15) is 0 Å². The number of rotatable bonds is 6. The molecule has 0 aliphatic carbocycles. The van der Waals surface area contributed by atoms with Crippen LogP contribution < -0.4 is 4.74 Å². The number of methoxy groups -OCH3 is 1. The van der Waals surface area contributed by atoms with Crippen molar-refractivity contribution in [1.82, 2.24) is 4.90 Å². The number of carboxylic acids is 1. The number of amides is 1. The lowest BCUT2D eigenvalue weighted by Crippen LogP contribution is -2.29. The maximum absolute atomic E-state index is 11.8. The van der Waals surface area contributed by atoms with Gasteiger partial charge in [0.1, 0.15) is 5.75 Å². The molecule has 0 atom stereocenters. The Labute approximate surface area is 112 Å². The highest BCUT2D eigenvalue weighted by atomic mass is 16.5. The molecule has 0 fully saturated rings. The molecular formula is C14H17NO4. The van der Waals surface area contributed by atoms with Gasteiger partial charge in [-0.3, -0.25) is 4.79 Å². The molecule has 1 aromatic rings. The Bertz CT molecular complexity index is 482. The molecule has 1 rings (SSSR count). The fourth-order valence-electron chi connectivity index (χ4n) is 1.63. The second-order valence-electron chi connectivity index (χ2n) is 3.84.